The van der Waals surface area contributed by atoms with Crippen LogP contribution in [0, 0.1) is 0 Å². The number of aromatic hydroxyl groups is 1. The molecule has 140 valence electrons. The maximum atomic E-state index is 12.3. The van der Waals surface area contributed by atoms with Crippen molar-refractivity contribution in [3.63, 3.8) is 0 Å². The lowest BCUT2D eigenvalue weighted by Crippen LogP contribution is -2.54. The average Bonchev–Trinajstić information content (AvgIpc) is 2.87. The number of hydrogen-bond acceptors (Lipinski definition) is 7. The van der Waals surface area contributed by atoms with Gasteiger partial charge in [-0.3, -0.25) is 20.4 Å². The number of phenols is 1. The maximum absolute atomic E-state index is 12.3. The molecule has 4 amide bonds. The van der Waals surface area contributed by atoms with Crippen LogP contribution in [0.15, 0.2) is 24.3 Å². The number of piperidine rings is 1. The molecule has 2 aliphatic heterocycles. The van der Waals surface area contributed by atoms with Gasteiger partial charge < -0.3 is 14.6 Å². The van der Waals surface area contributed by atoms with Gasteiger partial charge in [0.15, 0.2) is 12.3 Å². The molecular formula is C15H18N4O6S. The molecule has 2 aliphatic rings. The van der Waals surface area contributed by atoms with Crippen molar-refractivity contribution in [1.82, 2.24) is 20.8 Å². The van der Waals surface area contributed by atoms with Crippen molar-refractivity contribution < 1.29 is 28.3 Å². The predicted octanol–water partition coefficient (Wildman–Crippen LogP) is 0.403. The van der Waals surface area contributed by atoms with Crippen LogP contribution in [0.1, 0.15) is 18.4 Å². The van der Waals surface area contributed by atoms with Gasteiger partial charge >= 0.3 is 6.03 Å². The lowest BCUT2D eigenvalue weighted by Gasteiger charge is -2.29. The minimum Gasteiger partial charge on any atom is -0.508 e. The van der Waals surface area contributed by atoms with Crippen LogP contribution in [0.2, 0.25) is 0 Å². The van der Waals surface area contributed by atoms with Gasteiger partial charge in [0.25, 0.3) is 5.91 Å². The molecule has 1 aromatic carbocycles. The Morgan fingerprint density at radius 3 is 2.65 bits per heavy atom. The third kappa shape index (κ3) is 3.84. The molecule has 2 fully saturated rings. The molecule has 2 bridgehead atoms. The highest BCUT2D eigenvalue weighted by atomic mass is 32.2. The van der Waals surface area contributed by atoms with Gasteiger partial charge in [0.1, 0.15) is 11.8 Å². The number of benzene rings is 1. The summed E-state index contributed by atoms with van der Waals surface area (Å²) in [7, 11) is 0. The Labute approximate surface area is 153 Å². The number of rotatable bonds is 5. The number of hydrogen-bond donors (Lipinski definition) is 4. The zero-order valence-corrected chi connectivity index (χ0v) is 14.4. The number of carbonyl (C=O) groups is 3. The standard InChI is InChI=1S/C15H18N4O6S/c20-11-4-1-9(2-5-11)7-13(21)16-17-14(22)12-6-3-10-8-18(12)15(23)19(10)25-26-24/h1-2,4-5,10,12,20,24H,3,6-8H2,(H,16,21)(H,17,22). The van der Waals surface area contributed by atoms with Gasteiger partial charge in [-0.1, -0.05) is 12.1 Å². The molecule has 26 heavy (non-hydrogen) atoms. The first-order chi connectivity index (χ1) is 12.5. The highest BCUT2D eigenvalue weighted by molar-refractivity contribution is 7.88. The van der Waals surface area contributed by atoms with E-state index >= 15 is 0 Å². The quantitative estimate of drug-likeness (QED) is 0.428. The van der Waals surface area contributed by atoms with Crippen LogP contribution in [-0.2, 0) is 20.3 Å². The van der Waals surface area contributed by atoms with Crippen LogP contribution >= 0.6 is 12.3 Å². The van der Waals surface area contributed by atoms with Crippen molar-refractivity contribution in [3.05, 3.63) is 29.8 Å². The van der Waals surface area contributed by atoms with Crippen molar-refractivity contribution in [2.75, 3.05) is 6.54 Å². The molecule has 0 saturated carbocycles. The monoisotopic (exact) mass is 382 g/mol. The largest absolute Gasteiger partial charge is 0.508 e. The summed E-state index contributed by atoms with van der Waals surface area (Å²) in [5.74, 6) is -0.813. The smallest absolute Gasteiger partial charge is 0.346 e. The number of nitrogens with one attached hydrogen (secondary N) is 2. The fourth-order valence-corrected chi connectivity index (χ4v) is 3.35. The van der Waals surface area contributed by atoms with E-state index in [0.29, 0.717) is 24.9 Å². The minimum atomic E-state index is -0.718. The Hall–Kier alpha value is -2.50. The predicted molar refractivity (Wildman–Crippen MR) is 90.2 cm³/mol. The summed E-state index contributed by atoms with van der Waals surface area (Å²) >= 11 is 0.0823. The number of hydroxylamine groups is 2. The van der Waals surface area contributed by atoms with Crippen molar-refractivity contribution in [1.29, 1.82) is 0 Å². The Balaban J connectivity index is 1.51. The van der Waals surface area contributed by atoms with Crippen LogP contribution < -0.4 is 10.9 Å². The summed E-state index contributed by atoms with van der Waals surface area (Å²) in [6.45, 7) is 0.318. The number of phenolic OH excluding ortho intramolecular Hbond substituents is 1. The second-order valence-electron chi connectivity index (χ2n) is 6.04. The van der Waals surface area contributed by atoms with Gasteiger partial charge in [-0.2, -0.15) is 9.35 Å². The summed E-state index contributed by atoms with van der Waals surface area (Å²) in [5.41, 5.74) is 5.34. The normalized spacial score (nSPS) is 21.7. The third-order valence-electron chi connectivity index (χ3n) is 4.37. The summed E-state index contributed by atoms with van der Waals surface area (Å²) in [6.07, 6.45) is 1.000. The first-order valence-corrected chi connectivity index (χ1v) is 8.64. The van der Waals surface area contributed by atoms with Crippen LogP contribution in [0.25, 0.3) is 0 Å². The van der Waals surface area contributed by atoms with Gasteiger partial charge in [0, 0.05) is 6.54 Å². The Morgan fingerprint density at radius 1 is 1.23 bits per heavy atom. The molecule has 10 nitrogen and oxygen atoms in total. The lowest BCUT2D eigenvalue weighted by atomic mass is 10.0. The molecule has 0 spiro atoms. The van der Waals surface area contributed by atoms with E-state index in [2.05, 4.69) is 10.9 Å². The van der Waals surface area contributed by atoms with Gasteiger partial charge in [-0.15, -0.1) is 0 Å². The molecule has 3 rings (SSSR count). The molecule has 0 aliphatic carbocycles. The van der Waals surface area contributed by atoms with Crippen LogP contribution in [-0.4, -0.2) is 56.1 Å². The first-order valence-electron chi connectivity index (χ1n) is 7.94. The number of amides is 4. The van der Waals surface area contributed by atoms with Crippen LogP contribution in [0.5, 0.6) is 5.75 Å². The lowest BCUT2D eigenvalue weighted by molar-refractivity contribution is -0.131. The van der Waals surface area contributed by atoms with E-state index in [0.717, 1.165) is 5.06 Å². The number of fused-ring (bicyclic) bond motifs is 2. The van der Waals surface area contributed by atoms with Gasteiger partial charge in [-0.25, -0.2) is 4.79 Å². The fourth-order valence-electron chi connectivity index (χ4n) is 3.10. The molecule has 2 atom stereocenters. The molecular weight excluding hydrogens is 364 g/mol. The number of hydrazine groups is 1. The summed E-state index contributed by atoms with van der Waals surface area (Å²) in [4.78, 5) is 37.8. The molecule has 0 radical (unpaired) electrons. The molecule has 2 heterocycles. The Morgan fingerprint density at radius 2 is 1.96 bits per heavy atom. The number of carbonyl (C=O) groups excluding carboxylic acids is 3. The van der Waals surface area contributed by atoms with E-state index in [1.165, 1.54) is 17.0 Å². The van der Waals surface area contributed by atoms with Gasteiger partial charge in [0.2, 0.25) is 5.91 Å². The summed E-state index contributed by atoms with van der Waals surface area (Å²) in [5, 5.41) is 10.3. The molecule has 11 heteroatoms. The van der Waals surface area contributed by atoms with Gasteiger partial charge in [0.05, 0.1) is 12.5 Å². The molecule has 1 aromatic rings. The topological polar surface area (TPSA) is 131 Å². The average molecular weight is 382 g/mol. The van der Waals surface area contributed by atoms with E-state index in [4.69, 9.17) is 8.84 Å². The van der Waals surface area contributed by atoms with Gasteiger partial charge in [-0.05, 0) is 30.5 Å². The van der Waals surface area contributed by atoms with E-state index < -0.39 is 23.9 Å². The van der Waals surface area contributed by atoms with Crippen molar-refractivity contribution in [3.8, 4) is 5.75 Å². The molecule has 2 saturated heterocycles. The SMILES string of the molecule is O=C(Cc1ccc(O)cc1)NNC(=O)C1CCC2CN1C(=O)N2OSO. The van der Waals surface area contributed by atoms with Crippen molar-refractivity contribution in [2.45, 2.75) is 31.3 Å². The molecule has 4 N–H and O–H groups in total. The van der Waals surface area contributed by atoms with E-state index in [1.807, 2.05) is 0 Å². The van der Waals surface area contributed by atoms with E-state index in [9.17, 15) is 19.5 Å². The maximum Gasteiger partial charge on any atom is 0.346 e. The van der Waals surface area contributed by atoms with Crippen molar-refractivity contribution >= 4 is 30.2 Å². The zero-order valence-electron chi connectivity index (χ0n) is 13.6. The van der Waals surface area contributed by atoms with E-state index in [-0.39, 0.29) is 30.5 Å². The number of urea groups is 1. The minimum absolute atomic E-state index is 0.0330. The fraction of sp³-hybridized carbons (Fsp3) is 0.400. The Bertz CT molecular complexity index is 700. The number of nitrogens with zero attached hydrogens (tertiary/aromatic N) is 2. The summed E-state index contributed by atoms with van der Waals surface area (Å²) < 4.78 is 13.6. The zero-order chi connectivity index (χ0) is 18.7. The molecule has 0 aromatic heterocycles. The Kier molecular flexibility index (Phi) is 5.49. The second-order valence-corrected chi connectivity index (χ2v) is 6.34. The molecule has 2 unspecified atom stereocenters. The van der Waals surface area contributed by atoms with Crippen LogP contribution in [0.4, 0.5) is 4.79 Å². The highest BCUT2D eigenvalue weighted by Gasteiger charge is 2.48. The summed E-state index contributed by atoms with van der Waals surface area (Å²) in [6, 6.07) is 4.72. The van der Waals surface area contributed by atoms with E-state index in [1.54, 1.807) is 12.1 Å². The van der Waals surface area contributed by atoms with Crippen LogP contribution in [0.3, 0.4) is 0 Å². The first kappa shape index (κ1) is 18.3. The highest BCUT2D eigenvalue weighted by Crippen LogP contribution is 2.31. The third-order valence-corrected chi connectivity index (χ3v) is 4.59. The van der Waals surface area contributed by atoms with Crippen molar-refractivity contribution in [2.24, 2.45) is 0 Å². The second kappa shape index (κ2) is 7.81.